The number of morpholine rings is 1. The maximum atomic E-state index is 5.78. The molecule has 1 fully saturated rings. The van der Waals surface area contributed by atoms with Gasteiger partial charge in [-0.05, 0) is 31.5 Å². The zero-order valence-electron chi connectivity index (χ0n) is 10.4. The van der Waals surface area contributed by atoms with Crippen LogP contribution in [0, 0.1) is 0 Å². The zero-order valence-corrected chi connectivity index (χ0v) is 11.2. The van der Waals surface area contributed by atoms with E-state index < -0.39 is 0 Å². The number of nitrogens with two attached hydrogens (primary N) is 1. The maximum Gasteiger partial charge on any atom is 0.0674 e. The first-order valence-electron chi connectivity index (χ1n) is 5.85. The minimum Gasteiger partial charge on any atom is -0.399 e. The number of hydrogen-bond donors (Lipinski definition) is 1. The largest absolute Gasteiger partial charge is 0.399 e. The van der Waals surface area contributed by atoms with Crippen LogP contribution in [0.4, 0.5) is 5.69 Å². The summed E-state index contributed by atoms with van der Waals surface area (Å²) >= 11 is 0. The lowest BCUT2D eigenvalue weighted by molar-refractivity contribution is -0.0526. The molecule has 1 aromatic carbocycles. The molecular formula is C13H21ClN2O. The van der Waals surface area contributed by atoms with Gasteiger partial charge in [0, 0.05) is 24.8 Å². The molecule has 0 saturated carbocycles. The molecule has 0 amide bonds. The summed E-state index contributed by atoms with van der Waals surface area (Å²) < 4.78 is 5.62. The number of hydrogen-bond acceptors (Lipinski definition) is 3. The van der Waals surface area contributed by atoms with E-state index in [1.165, 1.54) is 5.56 Å². The van der Waals surface area contributed by atoms with Gasteiger partial charge in [-0.25, -0.2) is 0 Å². The topological polar surface area (TPSA) is 38.5 Å². The van der Waals surface area contributed by atoms with Gasteiger partial charge < -0.3 is 10.5 Å². The van der Waals surface area contributed by atoms with Gasteiger partial charge in [-0.1, -0.05) is 12.1 Å². The van der Waals surface area contributed by atoms with E-state index in [2.05, 4.69) is 24.8 Å². The third-order valence-corrected chi connectivity index (χ3v) is 3.07. The highest BCUT2D eigenvalue weighted by molar-refractivity contribution is 5.85. The highest BCUT2D eigenvalue weighted by Gasteiger charge is 2.23. The fourth-order valence-corrected chi connectivity index (χ4v) is 2.12. The van der Waals surface area contributed by atoms with Gasteiger partial charge in [0.15, 0.2) is 0 Å². The standard InChI is InChI=1S/C13H20N2O.ClH/c1-10-9-16-11(2)7-15(10)8-12-4-3-5-13(14)6-12;/h3-6,10-11H,7-9,14H2,1-2H3;1H. The SMILES string of the molecule is CC1CN(Cc2cccc(N)c2)C(C)CO1.Cl. The Bertz CT molecular complexity index is 359. The van der Waals surface area contributed by atoms with Crippen LogP contribution in [-0.4, -0.2) is 30.2 Å². The average molecular weight is 257 g/mol. The smallest absolute Gasteiger partial charge is 0.0674 e. The Balaban J connectivity index is 0.00000144. The average Bonchev–Trinajstić information content (AvgIpc) is 2.24. The molecule has 0 aliphatic carbocycles. The van der Waals surface area contributed by atoms with Gasteiger partial charge in [-0.15, -0.1) is 12.4 Å². The lowest BCUT2D eigenvalue weighted by Crippen LogP contribution is -2.46. The van der Waals surface area contributed by atoms with Crippen LogP contribution in [0.15, 0.2) is 24.3 Å². The molecule has 0 bridgehead atoms. The Hall–Kier alpha value is -0.770. The lowest BCUT2D eigenvalue weighted by Gasteiger charge is -2.36. The molecule has 1 aliphatic rings. The summed E-state index contributed by atoms with van der Waals surface area (Å²) in [5, 5.41) is 0. The fraction of sp³-hybridized carbons (Fsp3) is 0.538. The van der Waals surface area contributed by atoms with E-state index in [0.29, 0.717) is 12.1 Å². The molecule has 1 aliphatic heterocycles. The maximum absolute atomic E-state index is 5.78. The van der Waals surface area contributed by atoms with Crippen LogP contribution in [-0.2, 0) is 11.3 Å². The van der Waals surface area contributed by atoms with Crippen molar-refractivity contribution in [3.63, 3.8) is 0 Å². The second kappa shape index (κ2) is 6.24. The zero-order chi connectivity index (χ0) is 11.5. The number of nitrogens with zero attached hydrogens (tertiary/aromatic N) is 1. The molecule has 0 radical (unpaired) electrons. The van der Waals surface area contributed by atoms with Crippen molar-refractivity contribution in [1.82, 2.24) is 4.90 Å². The molecule has 4 heteroatoms. The number of nitrogen functional groups attached to an aromatic ring is 1. The first-order chi connectivity index (χ1) is 7.65. The van der Waals surface area contributed by atoms with Crippen molar-refractivity contribution < 1.29 is 4.74 Å². The Morgan fingerprint density at radius 1 is 1.41 bits per heavy atom. The van der Waals surface area contributed by atoms with Crippen LogP contribution in [0.3, 0.4) is 0 Å². The van der Waals surface area contributed by atoms with Crippen LogP contribution >= 0.6 is 12.4 Å². The fourth-order valence-electron chi connectivity index (χ4n) is 2.12. The molecule has 17 heavy (non-hydrogen) atoms. The molecule has 2 unspecified atom stereocenters. The molecule has 2 atom stereocenters. The van der Waals surface area contributed by atoms with Gasteiger partial charge in [-0.3, -0.25) is 4.90 Å². The van der Waals surface area contributed by atoms with E-state index in [4.69, 9.17) is 10.5 Å². The van der Waals surface area contributed by atoms with Crippen LogP contribution in [0.2, 0.25) is 0 Å². The number of anilines is 1. The van der Waals surface area contributed by atoms with E-state index in [1.54, 1.807) is 0 Å². The normalized spacial score (nSPS) is 25.3. The summed E-state index contributed by atoms with van der Waals surface area (Å²) in [6.07, 6.45) is 0.331. The molecule has 2 N–H and O–H groups in total. The first-order valence-corrected chi connectivity index (χ1v) is 5.85. The molecule has 0 spiro atoms. The lowest BCUT2D eigenvalue weighted by atomic mass is 10.1. The van der Waals surface area contributed by atoms with Gasteiger partial charge in [0.05, 0.1) is 12.7 Å². The van der Waals surface area contributed by atoms with E-state index in [1.807, 2.05) is 18.2 Å². The quantitative estimate of drug-likeness (QED) is 0.826. The third kappa shape index (κ3) is 3.87. The van der Waals surface area contributed by atoms with Crippen molar-refractivity contribution in [3.05, 3.63) is 29.8 Å². The number of benzene rings is 1. The van der Waals surface area contributed by atoms with Crippen molar-refractivity contribution in [3.8, 4) is 0 Å². The second-order valence-electron chi connectivity index (χ2n) is 4.67. The van der Waals surface area contributed by atoms with Crippen molar-refractivity contribution in [2.75, 3.05) is 18.9 Å². The number of halogens is 1. The number of ether oxygens (including phenoxy) is 1. The van der Waals surface area contributed by atoms with Crippen LogP contribution in [0.5, 0.6) is 0 Å². The molecule has 1 saturated heterocycles. The van der Waals surface area contributed by atoms with Crippen LogP contribution in [0.1, 0.15) is 19.4 Å². The molecule has 96 valence electrons. The highest BCUT2D eigenvalue weighted by atomic mass is 35.5. The first kappa shape index (κ1) is 14.3. The molecule has 2 rings (SSSR count). The van der Waals surface area contributed by atoms with E-state index in [0.717, 1.165) is 25.4 Å². The number of rotatable bonds is 2. The van der Waals surface area contributed by atoms with Gasteiger partial charge in [0.2, 0.25) is 0 Å². The van der Waals surface area contributed by atoms with Crippen LogP contribution in [0.25, 0.3) is 0 Å². The van der Waals surface area contributed by atoms with Crippen molar-refractivity contribution >= 4 is 18.1 Å². The van der Waals surface area contributed by atoms with E-state index in [-0.39, 0.29) is 12.4 Å². The molecular weight excluding hydrogens is 236 g/mol. The minimum atomic E-state index is 0. The Morgan fingerprint density at radius 2 is 2.18 bits per heavy atom. The Labute approximate surface area is 109 Å². The monoisotopic (exact) mass is 256 g/mol. The van der Waals surface area contributed by atoms with Crippen molar-refractivity contribution in [2.45, 2.75) is 32.5 Å². The van der Waals surface area contributed by atoms with Crippen molar-refractivity contribution in [1.29, 1.82) is 0 Å². The molecule has 0 aromatic heterocycles. The van der Waals surface area contributed by atoms with Gasteiger partial charge in [0.1, 0.15) is 0 Å². The van der Waals surface area contributed by atoms with E-state index in [9.17, 15) is 0 Å². The highest BCUT2D eigenvalue weighted by Crippen LogP contribution is 2.16. The third-order valence-electron chi connectivity index (χ3n) is 3.07. The second-order valence-corrected chi connectivity index (χ2v) is 4.67. The molecule has 3 nitrogen and oxygen atoms in total. The molecule has 1 heterocycles. The minimum absolute atomic E-state index is 0. The van der Waals surface area contributed by atoms with Crippen molar-refractivity contribution in [2.24, 2.45) is 0 Å². The van der Waals surface area contributed by atoms with Gasteiger partial charge >= 0.3 is 0 Å². The summed E-state index contributed by atoms with van der Waals surface area (Å²) in [5.74, 6) is 0. The summed E-state index contributed by atoms with van der Waals surface area (Å²) in [6, 6.07) is 8.60. The predicted octanol–water partition coefficient (Wildman–Crippen LogP) is 2.30. The summed E-state index contributed by atoms with van der Waals surface area (Å²) in [5.41, 5.74) is 7.90. The molecule has 1 aromatic rings. The predicted molar refractivity (Wildman–Crippen MR) is 73.4 cm³/mol. The Kier molecular flexibility index (Phi) is 5.25. The summed E-state index contributed by atoms with van der Waals surface area (Å²) in [7, 11) is 0. The summed E-state index contributed by atoms with van der Waals surface area (Å²) in [6.45, 7) is 7.11. The van der Waals surface area contributed by atoms with Crippen LogP contribution < -0.4 is 5.73 Å². The summed E-state index contributed by atoms with van der Waals surface area (Å²) in [4.78, 5) is 2.45. The van der Waals surface area contributed by atoms with E-state index >= 15 is 0 Å². The van der Waals surface area contributed by atoms with Gasteiger partial charge in [0.25, 0.3) is 0 Å². The Morgan fingerprint density at radius 3 is 2.88 bits per heavy atom. The van der Waals surface area contributed by atoms with Gasteiger partial charge in [-0.2, -0.15) is 0 Å².